The molecule has 7 heteroatoms. The molecule has 0 aromatic heterocycles. The molecule has 0 spiro atoms. The monoisotopic (exact) mass is 297 g/mol. The maximum atomic E-state index is 12.9. The van der Waals surface area contributed by atoms with E-state index >= 15 is 0 Å². The van der Waals surface area contributed by atoms with E-state index in [0.29, 0.717) is 25.5 Å². The Morgan fingerprint density at radius 1 is 1.33 bits per heavy atom. The number of aliphatic imine (C=N–C) groups is 1. The summed E-state index contributed by atoms with van der Waals surface area (Å²) in [7, 11) is 1.88. The zero-order valence-electron chi connectivity index (χ0n) is 12.2. The SMILES string of the molecule is C=C1N=C(N2CCC2)C=C(N2CCNC(C(F)F)C2)N1C. The quantitative estimate of drug-likeness (QED) is 0.821. The summed E-state index contributed by atoms with van der Waals surface area (Å²) in [5, 5.41) is 2.87. The van der Waals surface area contributed by atoms with Gasteiger partial charge in [0, 0.05) is 45.8 Å². The summed E-state index contributed by atoms with van der Waals surface area (Å²) < 4.78 is 25.9. The van der Waals surface area contributed by atoms with Gasteiger partial charge in [-0.05, 0) is 6.42 Å². The fraction of sp³-hybridized carbons (Fsp3) is 0.643. The van der Waals surface area contributed by atoms with E-state index in [-0.39, 0.29) is 0 Å². The van der Waals surface area contributed by atoms with E-state index in [0.717, 1.165) is 24.7 Å². The number of alkyl halides is 2. The van der Waals surface area contributed by atoms with Crippen LogP contribution in [-0.4, -0.2) is 72.8 Å². The average molecular weight is 297 g/mol. The molecule has 0 aliphatic carbocycles. The molecular formula is C14H21F2N5. The van der Waals surface area contributed by atoms with Crippen molar-refractivity contribution in [2.24, 2.45) is 4.99 Å². The minimum Gasteiger partial charge on any atom is -0.356 e. The number of halogens is 2. The molecule has 21 heavy (non-hydrogen) atoms. The van der Waals surface area contributed by atoms with Gasteiger partial charge in [0.25, 0.3) is 6.43 Å². The summed E-state index contributed by atoms with van der Waals surface area (Å²) in [4.78, 5) is 10.5. The van der Waals surface area contributed by atoms with Crippen LogP contribution in [0.4, 0.5) is 8.78 Å². The zero-order chi connectivity index (χ0) is 15.0. The standard InChI is InChI=1S/C14H21F2N5/c1-10-18-12(20-5-3-6-20)8-13(19(10)2)21-7-4-17-11(9-21)14(15)16/h8,11,14,17H,1,3-7,9H2,2H3. The van der Waals surface area contributed by atoms with E-state index in [1.165, 1.54) is 6.42 Å². The van der Waals surface area contributed by atoms with Crippen LogP contribution >= 0.6 is 0 Å². The molecule has 3 heterocycles. The molecule has 1 atom stereocenters. The summed E-state index contributed by atoms with van der Waals surface area (Å²) in [5.74, 6) is 2.46. The summed E-state index contributed by atoms with van der Waals surface area (Å²) >= 11 is 0. The number of amidine groups is 1. The van der Waals surface area contributed by atoms with Gasteiger partial charge in [0.05, 0.1) is 6.04 Å². The predicted molar refractivity (Wildman–Crippen MR) is 78.0 cm³/mol. The highest BCUT2D eigenvalue weighted by Crippen LogP contribution is 2.24. The van der Waals surface area contributed by atoms with Crippen molar-refractivity contribution >= 4 is 5.84 Å². The lowest BCUT2D eigenvalue weighted by Gasteiger charge is -2.42. The first-order valence-corrected chi connectivity index (χ1v) is 7.30. The molecule has 116 valence electrons. The molecule has 1 N–H and O–H groups in total. The van der Waals surface area contributed by atoms with Gasteiger partial charge in [-0.2, -0.15) is 0 Å². The molecule has 2 fully saturated rings. The van der Waals surface area contributed by atoms with Gasteiger partial charge in [0.1, 0.15) is 17.5 Å². The Kier molecular flexibility index (Phi) is 3.84. The van der Waals surface area contributed by atoms with Crippen molar-refractivity contribution in [2.45, 2.75) is 18.9 Å². The van der Waals surface area contributed by atoms with E-state index in [1.807, 2.05) is 22.9 Å². The maximum absolute atomic E-state index is 12.9. The first-order valence-electron chi connectivity index (χ1n) is 7.30. The van der Waals surface area contributed by atoms with Crippen molar-refractivity contribution in [1.82, 2.24) is 20.0 Å². The van der Waals surface area contributed by atoms with Crippen LogP contribution < -0.4 is 5.32 Å². The third-order valence-corrected chi connectivity index (χ3v) is 4.25. The number of nitrogens with one attached hydrogen (secondary N) is 1. The fourth-order valence-electron chi connectivity index (χ4n) is 2.75. The minimum atomic E-state index is -2.35. The van der Waals surface area contributed by atoms with Crippen LogP contribution in [0.2, 0.25) is 0 Å². The highest BCUT2D eigenvalue weighted by molar-refractivity contribution is 5.95. The molecule has 5 nitrogen and oxygen atoms in total. The van der Waals surface area contributed by atoms with E-state index in [9.17, 15) is 8.78 Å². The number of piperazine rings is 1. The highest BCUT2D eigenvalue weighted by Gasteiger charge is 2.31. The number of nitrogens with zero attached hydrogens (tertiary/aromatic N) is 4. The second kappa shape index (κ2) is 5.63. The molecular weight excluding hydrogens is 276 g/mol. The van der Waals surface area contributed by atoms with Crippen LogP contribution in [-0.2, 0) is 0 Å². The first-order chi connectivity index (χ1) is 10.1. The van der Waals surface area contributed by atoms with E-state index in [1.54, 1.807) is 0 Å². The number of rotatable bonds is 2. The van der Waals surface area contributed by atoms with Gasteiger partial charge < -0.3 is 20.0 Å². The molecule has 0 bridgehead atoms. The molecule has 0 radical (unpaired) electrons. The van der Waals surface area contributed by atoms with Crippen molar-refractivity contribution < 1.29 is 8.78 Å². The Bertz CT molecular complexity index is 484. The van der Waals surface area contributed by atoms with E-state index in [4.69, 9.17) is 0 Å². The Morgan fingerprint density at radius 2 is 2.10 bits per heavy atom. The normalized spacial score (nSPS) is 26.8. The van der Waals surface area contributed by atoms with Crippen molar-refractivity contribution in [1.29, 1.82) is 0 Å². The zero-order valence-corrected chi connectivity index (χ0v) is 12.2. The summed E-state index contributed by atoms with van der Waals surface area (Å²) in [5.41, 5.74) is 0. The van der Waals surface area contributed by atoms with Crippen molar-refractivity contribution in [3.8, 4) is 0 Å². The molecule has 3 aliphatic rings. The number of hydrogen-bond acceptors (Lipinski definition) is 5. The number of likely N-dealkylation sites (tertiary alicyclic amines) is 1. The Balaban J connectivity index is 1.79. The van der Waals surface area contributed by atoms with Gasteiger partial charge in [-0.15, -0.1) is 0 Å². The largest absolute Gasteiger partial charge is 0.356 e. The van der Waals surface area contributed by atoms with Crippen LogP contribution in [0, 0.1) is 0 Å². The summed E-state index contributed by atoms with van der Waals surface area (Å²) in [6.07, 6.45) is 0.807. The Morgan fingerprint density at radius 3 is 2.71 bits per heavy atom. The summed E-state index contributed by atoms with van der Waals surface area (Å²) in [6, 6.07) is -0.785. The lowest BCUT2D eigenvalue weighted by molar-refractivity contribution is 0.0596. The number of hydrogen-bond donors (Lipinski definition) is 1. The van der Waals surface area contributed by atoms with Crippen LogP contribution in [0.3, 0.4) is 0 Å². The third-order valence-electron chi connectivity index (χ3n) is 4.25. The molecule has 2 saturated heterocycles. The molecule has 0 amide bonds. The lowest BCUT2D eigenvalue weighted by Crippen LogP contribution is -2.55. The highest BCUT2D eigenvalue weighted by atomic mass is 19.3. The van der Waals surface area contributed by atoms with Gasteiger partial charge in [-0.25, -0.2) is 13.8 Å². The van der Waals surface area contributed by atoms with Crippen LogP contribution in [0.1, 0.15) is 6.42 Å². The lowest BCUT2D eigenvalue weighted by atomic mass is 10.2. The second-order valence-corrected chi connectivity index (χ2v) is 5.63. The smallest absolute Gasteiger partial charge is 0.255 e. The van der Waals surface area contributed by atoms with Crippen LogP contribution in [0.15, 0.2) is 29.3 Å². The molecule has 0 saturated carbocycles. The fourth-order valence-corrected chi connectivity index (χ4v) is 2.75. The summed E-state index contributed by atoms with van der Waals surface area (Å²) in [6.45, 7) is 7.53. The van der Waals surface area contributed by atoms with Gasteiger partial charge in [-0.1, -0.05) is 6.58 Å². The molecule has 0 aromatic rings. The van der Waals surface area contributed by atoms with Crippen molar-refractivity contribution in [2.75, 3.05) is 39.8 Å². The topological polar surface area (TPSA) is 34.1 Å². The van der Waals surface area contributed by atoms with E-state index < -0.39 is 12.5 Å². The third kappa shape index (κ3) is 2.74. The van der Waals surface area contributed by atoms with Crippen LogP contribution in [0.5, 0.6) is 0 Å². The van der Waals surface area contributed by atoms with Crippen LogP contribution in [0.25, 0.3) is 0 Å². The van der Waals surface area contributed by atoms with Crippen molar-refractivity contribution in [3.63, 3.8) is 0 Å². The van der Waals surface area contributed by atoms with Gasteiger partial charge >= 0.3 is 0 Å². The molecule has 0 aromatic carbocycles. The second-order valence-electron chi connectivity index (χ2n) is 5.63. The Labute approximate surface area is 123 Å². The average Bonchev–Trinajstić information content (AvgIpc) is 2.40. The van der Waals surface area contributed by atoms with Gasteiger partial charge in [0.2, 0.25) is 0 Å². The molecule has 3 aliphatic heterocycles. The minimum absolute atomic E-state index is 0.300. The van der Waals surface area contributed by atoms with Gasteiger partial charge in [-0.3, -0.25) is 0 Å². The van der Waals surface area contributed by atoms with E-state index in [2.05, 4.69) is 21.8 Å². The first kappa shape index (κ1) is 14.3. The maximum Gasteiger partial charge on any atom is 0.255 e. The molecule has 1 unspecified atom stereocenters. The Hall–Kier alpha value is -1.63. The molecule has 3 rings (SSSR count). The van der Waals surface area contributed by atoms with Crippen molar-refractivity contribution in [3.05, 3.63) is 24.3 Å². The van der Waals surface area contributed by atoms with Gasteiger partial charge in [0.15, 0.2) is 0 Å². The predicted octanol–water partition coefficient (Wildman–Crippen LogP) is 0.887.